The van der Waals surface area contributed by atoms with Gasteiger partial charge in [-0.2, -0.15) is 4.31 Å². The summed E-state index contributed by atoms with van der Waals surface area (Å²) in [6.07, 6.45) is 0. The van der Waals surface area contributed by atoms with E-state index in [-0.39, 0.29) is 37.7 Å². The molecule has 0 aromatic heterocycles. The number of morpholine rings is 1. The Hall–Kier alpha value is -2.04. The molecule has 2 N–H and O–H groups in total. The fraction of sp³-hybridized carbons (Fsp3) is 0.529. The molecule has 0 atom stereocenters. The summed E-state index contributed by atoms with van der Waals surface area (Å²) in [7, 11) is -3.86. The minimum absolute atomic E-state index is 0.185. The van der Waals surface area contributed by atoms with Gasteiger partial charge in [-0.15, -0.1) is 0 Å². The monoisotopic (exact) mass is 401 g/mol. The highest BCUT2D eigenvalue weighted by Gasteiger charge is 2.28. The van der Waals surface area contributed by atoms with Crippen LogP contribution in [0.15, 0.2) is 23.1 Å². The molecule has 0 spiro atoms. The molecule has 8 nitrogen and oxygen atoms in total. The van der Waals surface area contributed by atoms with Crippen LogP contribution in [0.4, 0.5) is 4.39 Å². The Morgan fingerprint density at radius 1 is 1.22 bits per heavy atom. The van der Waals surface area contributed by atoms with Crippen LogP contribution in [0.1, 0.15) is 31.1 Å². The second kappa shape index (κ2) is 8.32. The van der Waals surface area contributed by atoms with Crippen molar-refractivity contribution in [3.05, 3.63) is 29.6 Å². The molecule has 27 heavy (non-hydrogen) atoms. The van der Waals surface area contributed by atoms with E-state index in [1.54, 1.807) is 20.8 Å². The Morgan fingerprint density at radius 2 is 1.85 bits per heavy atom. The number of hydrogen-bond donors (Lipinski definition) is 2. The van der Waals surface area contributed by atoms with Crippen molar-refractivity contribution in [2.75, 3.05) is 32.8 Å². The number of hydrogen-bond acceptors (Lipinski definition) is 5. The zero-order valence-corrected chi connectivity index (χ0v) is 16.4. The van der Waals surface area contributed by atoms with E-state index in [1.165, 1.54) is 4.31 Å². The van der Waals surface area contributed by atoms with Crippen LogP contribution in [-0.2, 0) is 19.6 Å². The van der Waals surface area contributed by atoms with Crippen LogP contribution in [0.3, 0.4) is 0 Å². The second-order valence-corrected chi connectivity index (χ2v) is 9.08. The molecule has 0 aliphatic carbocycles. The first-order valence-electron chi connectivity index (χ1n) is 8.47. The molecule has 0 bridgehead atoms. The number of carbonyl (C=O) groups excluding carboxylic acids is 2. The molecule has 1 fully saturated rings. The summed E-state index contributed by atoms with van der Waals surface area (Å²) >= 11 is 0. The van der Waals surface area contributed by atoms with E-state index >= 15 is 0 Å². The lowest BCUT2D eigenvalue weighted by Gasteiger charge is -2.26. The molecule has 150 valence electrons. The average molecular weight is 401 g/mol. The van der Waals surface area contributed by atoms with Crippen LogP contribution in [0, 0.1) is 5.82 Å². The fourth-order valence-electron chi connectivity index (χ4n) is 2.49. The highest BCUT2D eigenvalue weighted by molar-refractivity contribution is 7.89. The Labute approximate surface area is 158 Å². The predicted octanol–water partition coefficient (Wildman–Crippen LogP) is 0.491. The molecule has 0 unspecified atom stereocenters. The van der Waals surface area contributed by atoms with Crippen LogP contribution in [-0.4, -0.2) is 62.9 Å². The standard InChI is InChI=1S/C17H24FN3O5S/c1-17(2,3)20-15(22)11-19-16(23)13-10-12(4-5-14(13)18)27(24,25)21-6-8-26-9-7-21/h4-5,10H,6-9,11H2,1-3H3,(H,19,23)(H,20,22). The van der Waals surface area contributed by atoms with Gasteiger partial charge in [0.25, 0.3) is 5.91 Å². The number of nitrogens with zero attached hydrogens (tertiary/aromatic N) is 1. The zero-order valence-electron chi connectivity index (χ0n) is 15.5. The van der Waals surface area contributed by atoms with E-state index in [0.717, 1.165) is 18.2 Å². The smallest absolute Gasteiger partial charge is 0.254 e. The fourth-order valence-corrected chi connectivity index (χ4v) is 3.93. The van der Waals surface area contributed by atoms with E-state index in [4.69, 9.17) is 4.74 Å². The largest absolute Gasteiger partial charge is 0.379 e. The molecule has 1 saturated heterocycles. The van der Waals surface area contributed by atoms with Gasteiger partial charge in [0.1, 0.15) is 5.82 Å². The highest BCUT2D eigenvalue weighted by atomic mass is 32.2. The van der Waals surface area contributed by atoms with Crippen LogP contribution >= 0.6 is 0 Å². The number of ether oxygens (including phenoxy) is 1. The third kappa shape index (κ3) is 5.72. The van der Waals surface area contributed by atoms with Gasteiger partial charge in [0.05, 0.1) is 30.2 Å². The van der Waals surface area contributed by atoms with Gasteiger partial charge in [-0.3, -0.25) is 9.59 Å². The van der Waals surface area contributed by atoms with Crippen LogP contribution in [0.25, 0.3) is 0 Å². The maximum absolute atomic E-state index is 14.1. The summed E-state index contributed by atoms with van der Waals surface area (Å²) in [5.74, 6) is -2.17. The minimum Gasteiger partial charge on any atom is -0.379 e. The van der Waals surface area contributed by atoms with Crippen molar-refractivity contribution in [1.29, 1.82) is 0 Å². The Bertz CT molecular complexity index is 814. The van der Waals surface area contributed by atoms with E-state index in [0.29, 0.717) is 0 Å². The lowest BCUT2D eigenvalue weighted by atomic mass is 10.1. The summed E-state index contributed by atoms with van der Waals surface area (Å²) in [6.45, 7) is 5.93. The van der Waals surface area contributed by atoms with Gasteiger partial charge in [-0.25, -0.2) is 12.8 Å². The van der Waals surface area contributed by atoms with E-state index in [1.807, 2.05) is 0 Å². The van der Waals surface area contributed by atoms with Gasteiger partial charge in [-0.05, 0) is 39.0 Å². The number of carbonyl (C=O) groups is 2. The molecular formula is C17H24FN3O5S. The molecule has 1 heterocycles. The molecule has 1 aliphatic rings. The highest BCUT2D eigenvalue weighted by Crippen LogP contribution is 2.20. The zero-order chi connectivity index (χ0) is 20.2. The third-order valence-electron chi connectivity index (χ3n) is 3.71. The first kappa shape index (κ1) is 21.3. The Morgan fingerprint density at radius 3 is 2.44 bits per heavy atom. The van der Waals surface area contributed by atoms with Crippen molar-refractivity contribution >= 4 is 21.8 Å². The van der Waals surface area contributed by atoms with Crippen LogP contribution < -0.4 is 10.6 Å². The van der Waals surface area contributed by atoms with Crippen molar-refractivity contribution in [2.24, 2.45) is 0 Å². The molecule has 2 rings (SSSR count). The number of halogens is 1. The van der Waals surface area contributed by atoms with Gasteiger partial charge in [0, 0.05) is 18.6 Å². The number of sulfonamides is 1. The number of benzene rings is 1. The summed E-state index contributed by atoms with van der Waals surface area (Å²) in [4.78, 5) is 23.8. The molecule has 2 amide bonds. The summed E-state index contributed by atoms with van der Waals surface area (Å²) in [5.41, 5.74) is -0.910. The van der Waals surface area contributed by atoms with Crippen molar-refractivity contribution in [3.8, 4) is 0 Å². The normalized spacial score (nSPS) is 16.0. The topological polar surface area (TPSA) is 105 Å². The Kier molecular flexibility index (Phi) is 6.55. The van der Waals surface area contributed by atoms with Gasteiger partial charge >= 0.3 is 0 Å². The lowest BCUT2D eigenvalue weighted by Crippen LogP contribution is -2.46. The predicted molar refractivity (Wildman–Crippen MR) is 96.2 cm³/mol. The quantitative estimate of drug-likeness (QED) is 0.747. The van der Waals surface area contributed by atoms with Crippen molar-refractivity contribution < 1.29 is 27.1 Å². The average Bonchev–Trinajstić information content (AvgIpc) is 2.59. The molecule has 0 saturated carbocycles. The summed E-state index contributed by atoms with van der Waals surface area (Å²) in [6, 6.07) is 3.03. The number of amides is 2. The minimum atomic E-state index is -3.86. The molecule has 10 heteroatoms. The Balaban J connectivity index is 2.14. The first-order valence-corrected chi connectivity index (χ1v) is 9.91. The molecule has 0 radical (unpaired) electrons. The summed E-state index contributed by atoms with van der Waals surface area (Å²) < 4.78 is 45.7. The number of rotatable bonds is 5. The van der Waals surface area contributed by atoms with Gasteiger partial charge < -0.3 is 15.4 Å². The SMILES string of the molecule is CC(C)(C)NC(=O)CNC(=O)c1cc(S(=O)(=O)N2CCOCC2)ccc1F. The van der Waals surface area contributed by atoms with Crippen molar-refractivity contribution in [3.63, 3.8) is 0 Å². The lowest BCUT2D eigenvalue weighted by molar-refractivity contribution is -0.121. The first-order chi connectivity index (χ1) is 12.5. The summed E-state index contributed by atoms with van der Waals surface area (Å²) in [5, 5.41) is 4.96. The van der Waals surface area contributed by atoms with Gasteiger partial charge in [0.15, 0.2) is 0 Å². The van der Waals surface area contributed by atoms with E-state index in [9.17, 15) is 22.4 Å². The van der Waals surface area contributed by atoms with Crippen molar-refractivity contribution in [1.82, 2.24) is 14.9 Å². The maximum Gasteiger partial charge on any atom is 0.254 e. The third-order valence-corrected chi connectivity index (χ3v) is 5.61. The second-order valence-electron chi connectivity index (χ2n) is 7.14. The maximum atomic E-state index is 14.1. The van der Waals surface area contributed by atoms with Crippen LogP contribution in [0.2, 0.25) is 0 Å². The van der Waals surface area contributed by atoms with E-state index < -0.39 is 38.8 Å². The van der Waals surface area contributed by atoms with E-state index in [2.05, 4.69) is 10.6 Å². The molecular weight excluding hydrogens is 377 g/mol. The molecule has 1 aliphatic heterocycles. The van der Waals surface area contributed by atoms with Crippen LogP contribution in [0.5, 0.6) is 0 Å². The van der Waals surface area contributed by atoms with Crippen molar-refractivity contribution in [2.45, 2.75) is 31.2 Å². The molecule has 1 aromatic rings. The van der Waals surface area contributed by atoms with Gasteiger partial charge in [0.2, 0.25) is 15.9 Å². The van der Waals surface area contributed by atoms with Gasteiger partial charge in [-0.1, -0.05) is 0 Å². The molecule has 1 aromatic carbocycles. The number of nitrogens with one attached hydrogen (secondary N) is 2.